The third-order valence-electron chi connectivity index (χ3n) is 6.55. The Hall–Kier alpha value is -2.43. The molecule has 0 bridgehead atoms. The summed E-state index contributed by atoms with van der Waals surface area (Å²) < 4.78 is 10.8. The van der Waals surface area contributed by atoms with Gasteiger partial charge in [0.15, 0.2) is 0 Å². The van der Waals surface area contributed by atoms with Gasteiger partial charge in [-0.15, -0.1) is 0 Å². The SMILES string of the molecule is C1CCOC1.N#Cc1cc(O)c(C2CC(O)CC(CO)O2)cc1Cc1ccc(C2CC2)cc1. The van der Waals surface area contributed by atoms with Crippen molar-refractivity contribution in [2.24, 2.45) is 0 Å². The number of rotatable bonds is 5. The normalized spacial score (nSPS) is 24.6. The molecule has 3 aliphatic rings. The van der Waals surface area contributed by atoms with Crippen LogP contribution < -0.4 is 0 Å². The van der Waals surface area contributed by atoms with Crippen molar-refractivity contribution >= 4 is 0 Å². The maximum absolute atomic E-state index is 10.4. The minimum Gasteiger partial charge on any atom is -0.508 e. The molecule has 2 aromatic carbocycles. The van der Waals surface area contributed by atoms with E-state index in [4.69, 9.17) is 9.47 Å². The van der Waals surface area contributed by atoms with Crippen LogP contribution in [0.25, 0.3) is 0 Å². The molecule has 1 saturated carbocycles. The summed E-state index contributed by atoms with van der Waals surface area (Å²) >= 11 is 0. The van der Waals surface area contributed by atoms with Crippen molar-refractivity contribution in [3.8, 4) is 11.8 Å². The van der Waals surface area contributed by atoms with Crippen LogP contribution in [0.4, 0.5) is 0 Å². The minimum atomic E-state index is -0.593. The van der Waals surface area contributed by atoms with E-state index < -0.39 is 18.3 Å². The van der Waals surface area contributed by atoms with Crippen molar-refractivity contribution in [2.45, 2.75) is 69.2 Å². The van der Waals surface area contributed by atoms with Crippen LogP contribution in [0, 0.1) is 11.3 Å². The number of aliphatic hydroxyl groups is 2. The summed E-state index contributed by atoms with van der Waals surface area (Å²) in [5.41, 5.74) is 4.28. The van der Waals surface area contributed by atoms with Crippen molar-refractivity contribution in [1.29, 1.82) is 5.26 Å². The number of nitrogens with zero attached hydrogens (tertiary/aromatic N) is 1. The molecular formula is C27H33NO5. The molecular weight excluding hydrogens is 418 g/mol. The summed E-state index contributed by atoms with van der Waals surface area (Å²) in [5.74, 6) is 0.693. The van der Waals surface area contributed by atoms with Gasteiger partial charge in [0, 0.05) is 31.6 Å². The Bertz CT molecular complexity index is 952. The zero-order valence-corrected chi connectivity index (χ0v) is 18.9. The van der Waals surface area contributed by atoms with E-state index in [1.165, 1.54) is 37.3 Å². The third kappa shape index (κ3) is 6.33. The predicted molar refractivity (Wildman–Crippen MR) is 124 cm³/mol. The number of benzene rings is 2. The number of aromatic hydroxyl groups is 1. The molecule has 0 aromatic heterocycles. The summed E-state index contributed by atoms with van der Waals surface area (Å²) in [4.78, 5) is 0. The lowest BCUT2D eigenvalue weighted by molar-refractivity contribution is -0.114. The van der Waals surface area contributed by atoms with Crippen LogP contribution in [0.3, 0.4) is 0 Å². The molecule has 3 atom stereocenters. The Morgan fingerprint density at radius 1 is 1.03 bits per heavy atom. The highest BCUT2D eigenvalue weighted by Gasteiger charge is 2.31. The van der Waals surface area contributed by atoms with Gasteiger partial charge in [-0.25, -0.2) is 0 Å². The fraction of sp³-hybridized carbons (Fsp3) is 0.519. The maximum atomic E-state index is 10.4. The lowest BCUT2D eigenvalue weighted by Gasteiger charge is -2.33. The number of hydrogen-bond donors (Lipinski definition) is 3. The molecule has 6 nitrogen and oxygen atoms in total. The zero-order valence-electron chi connectivity index (χ0n) is 18.9. The van der Waals surface area contributed by atoms with Gasteiger partial charge in [0.2, 0.25) is 0 Å². The second-order valence-electron chi connectivity index (χ2n) is 9.25. The van der Waals surface area contributed by atoms with Gasteiger partial charge in [-0.3, -0.25) is 0 Å². The van der Waals surface area contributed by atoms with Gasteiger partial charge >= 0.3 is 0 Å². The molecule has 1 aliphatic carbocycles. The second kappa shape index (κ2) is 11.1. The van der Waals surface area contributed by atoms with Crippen molar-refractivity contribution in [2.75, 3.05) is 19.8 Å². The largest absolute Gasteiger partial charge is 0.508 e. The molecule has 2 aromatic rings. The number of phenolic OH excluding ortho intramolecular Hbond substituents is 1. The molecule has 176 valence electrons. The molecule has 5 rings (SSSR count). The average Bonchev–Trinajstić information content (AvgIpc) is 3.50. The predicted octanol–water partition coefficient (Wildman–Crippen LogP) is 4.10. The van der Waals surface area contributed by atoms with Gasteiger partial charge in [0.05, 0.1) is 36.6 Å². The molecule has 3 fully saturated rings. The first-order valence-electron chi connectivity index (χ1n) is 11.9. The van der Waals surface area contributed by atoms with E-state index in [0.717, 1.165) is 24.3 Å². The summed E-state index contributed by atoms with van der Waals surface area (Å²) in [6, 6.07) is 14.0. The summed E-state index contributed by atoms with van der Waals surface area (Å²) in [6.45, 7) is 1.82. The first-order valence-corrected chi connectivity index (χ1v) is 11.9. The van der Waals surface area contributed by atoms with Crippen molar-refractivity contribution in [1.82, 2.24) is 0 Å². The van der Waals surface area contributed by atoms with Crippen LogP contribution in [0.1, 0.15) is 78.4 Å². The minimum absolute atomic E-state index is 0.0137. The molecule has 3 N–H and O–H groups in total. The van der Waals surface area contributed by atoms with Crippen LogP contribution in [0.2, 0.25) is 0 Å². The third-order valence-corrected chi connectivity index (χ3v) is 6.55. The number of ether oxygens (including phenoxy) is 2. The van der Waals surface area contributed by atoms with E-state index in [1.54, 1.807) is 6.07 Å². The lowest BCUT2D eigenvalue weighted by Crippen LogP contribution is -2.33. The molecule has 0 radical (unpaired) electrons. The van der Waals surface area contributed by atoms with Crippen molar-refractivity contribution < 1.29 is 24.8 Å². The first kappa shape index (κ1) is 23.7. The van der Waals surface area contributed by atoms with Gasteiger partial charge in [-0.1, -0.05) is 24.3 Å². The Morgan fingerprint density at radius 2 is 1.76 bits per heavy atom. The summed E-state index contributed by atoms with van der Waals surface area (Å²) in [6.07, 6.45) is 4.84. The highest BCUT2D eigenvalue weighted by atomic mass is 16.5. The van der Waals surface area contributed by atoms with E-state index in [2.05, 4.69) is 30.3 Å². The monoisotopic (exact) mass is 451 g/mol. The Kier molecular flexibility index (Phi) is 8.00. The van der Waals surface area contributed by atoms with Gasteiger partial charge in [0.25, 0.3) is 0 Å². The van der Waals surface area contributed by atoms with E-state index in [1.807, 2.05) is 0 Å². The molecule has 3 unspecified atom stereocenters. The summed E-state index contributed by atoms with van der Waals surface area (Å²) in [7, 11) is 0. The maximum Gasteiger partial charge on any atom is 0.122 e. The van der Waals surface area contributed by atoms with E-state index in [0.29, 0.717) is 36.3 Å². The average molecular weight is 452 g/mol. The molecule has 2 saturated heterocycles. The van der Waals surface area contributed by atoms with E-state index in [-0.39, 0.29) is 12.4 Å². The van der Waals surface area contributed by atoms with Crippen LogP contribution >= 0.6 is 0 Å². The smallest absolute Gasteiger partial charge is 0.122 e. The highest BCUT2D eigenvalue weighted by molar-refractivity contribution is 5.50. The molecule has 0 amide bonds. The highest BCUT2D eigenvalue weighted by Crippen LogP contribution is 2.40. The zero-order chi connectivity index (χ0) is 23.2. The summed E-state index contributed by atoms with van der Waals surface area (Å²) in [5, 5.41) is 39.4. The van der Waals surface area contributed by atoms with E-state index >= 15 is 0 Å². The van der Waals surface area contributed by atoms with Crippen LogP contribution in [-0.2, 0) is 15.9 Å². The number of hydrogen-bond acceptors (Lipinski definition) is 6. The Labute approximate surface area is 195 Å². The molecule has 6 heteroatoms. The Balaban J connectivity index is 0.000000459. The first-order chi connectivity index (χ1) is 16.1. The van der Waals surface area contributed by atoms with Crippen LogP contribution in [0.15, 0.2) is 36.4 Å². The number of nitriles is 1. The van der Waals surface area contributed by atoms with Crippen molar-refractivity contribution in [3.05, 3.63) is 64.2 Å². The quantitative estimate of drug-likeness (QED) is 0.632. The van der Waals surface area contributed by atoms with E-state index in [9.17, 15) is 20.6 Å². The number of aliphatic hydroxyl groups excluding tert-OH is 2. The van der Waals surface area contributed by atoms with Gasteiger partial charge in [0.1, 0.15) is 5.75 Å². The van der Waals surface area contributed by atoms with Gasteiger partial charge < -0.3 is 24.8 Å². The molecule has 33 heavy (non-hydrogen) atoms. The standard InChI is InChI=1S/C23H25NO4.C4H8O/c24-12-18-9-22(27)21(23-11-19(26)10-20(13-25)28-23)8-17(18)7-14-1-3-15(4-2-14)16-5-6-16;1-2-4-5-3-1/h1-4,8-9,16,19-20,23,25-27H,5-7,10-11,13H2;1-4H2. The fourth-order valence-electron chi connectivity index (χ4n) is 4.52. The fourth-order valence-corrected chi connectivity index (χ4v) is 4.52. The second-order valence-corrected chi connectivity index (χ2v) is 9.25. The van der Waals surface area contributed by atoms with Crippen LogP contribution in [-0.4, -0.2) is 47.3 Å². The topological polar surface area (TPSA) is 103 Å². The lowest BCUT2D eigenvalue weighted by atomic mass is 9.91. The van der Waals surface area contributed by atoms with Gasteiger partial charge in [-0.2, -0.15) is 5.26 Å². The molecule has 2 aliphatic heterocycles. The molecule has 2 heterocycles. The number of phenols is 1. The molecule has 0 spiro atoms. The van der Waals surface area contributed by atoms with Crippen LogP contribution in [0.5, 0.6) is 5.75 Å². The Morgan fingerprint density at radius 3 is 2.33 bits per heavy atom. The van der Waals surface area contributed by atoms with Gasteiger partial charge in [-0.05, 0) is 66.8 Å². The van der Waals surface area contributed by atoms with Crippen molar-refractivity contribution in [3.63, 3.8) is 0 Å².